The molecule has 1 atom stereocenters. The molecule has 0 unspecified atom stereocenters. The van der Waals surface area contributed by atoms with Gasteiger partial charge in [-0.3, -0.25) is 9.78 Å². The number of carbonyl (C=O) groups is 2. The molecular weight excluding hydrogens is 516 g/mol. The van der Waals surface area contributed by atoms with Crippen LogP contribution in [-0.2, 0) is 9.36 Å². The van der Waals surface area contributed by atoms with Crippen molar-refractivity contribution in [2.24, 2.45) is 0 Å². The van der Waals surface area contributed by atoms with Gasteiger partial charge in [0.25, 0.3) is 0 Å². The molecule has 36 heavy (non-hydrogen) atoms. The average Bonchev–Trinajstić information content (AvgIpc) is 3.16. The number of hydrogen-bond acceptors (Lipinski definition) is 4. The number of aromatic nitrogens is 1. The minimum atomic E-state index is -2.89. The van der Waals surface area contributed by atoms with Gasteiger partial charge in [0.15, 0.2) is 11.6 Å². The molecule has 4 rings (SSSR count). The first kappa shape index (κ1) is 25.7. The van der Waals surface area contributed by atoms with E-state index in [4.69, 9.17) is 11.6 Å². The van der Waals surface area contributed by atoms with E-state index in [-0.39, 0.29) is 45.9 Å². The number of urea groups is 1. The van der Waals surface area contributed by atoms with Crippen molar-refractivity contribution in [1.29, 1.82) is 0 Å². The number of anilines is 2. The summed E-state index contributed by atoms with van der Waals surface area (Å²) in [4.78, 5) is 30.3. The van der Waals surface area contributed by atoms with Crippen molar-refractivity contribution < 1.29 is 27.3 Å². The van der Waals surface area contributed by atoms with Crippen molar-refractivity contribution in [2.75, 3.05) is 30.1 Å². The normalized spacial score (nSPS) is 15.8. The largest absolute Gasteiger partial charge is 0.326 e. The molecule has 1 aliphatic rings. The number of nitrogens with zero attached hydrogens (tertiary/aromatic N) is 2. The minimum absolute atomic E-state index is 0.0199. The zero-order valence-electron chi connectivity index (χ0n) is 19.2. The second kappa shape index (κ2) is 9.95. The molecule has 0 bridgehead atoms. The number of halogens is 4. The number of pyridine rings is 1. The molecule has 0 radical (unpaired) electrons. The summed E-state index contributed by atoms with van der Waals surface area (Å²) in [7, 11) is -2.89. The van der Waals surface area contributed by atoms with Crippen molar-refractivity contribution in [3.63, 3.8) is 0 Å². The summed E-state index contributed by atoms with van der Waals surface area (Å²) in [5, 5.41) is 4.85. The molecule has 0 saturated carbocycles. The van der Waals surface area contributed by atoms with E-state index < -0.39 is 42.6 Å². The minimum Gasteiger partial charge on any atom is -0.326 e. The van der Waals surface area contributed by atoms with Crippen LogP contribution >= 0.6 is 18.7 Å². The van der Waals surface area contributed by atoms with Gasteiger partial charge in [0.05, 0.1) is 11.4 Å². The fraction of sp³-hybridized carbons (Fsp3) is 0.208. The van der Waals surface area contributed by atoms with Gasteiger partial charge in [0.1, 0.15) is 24.4 Å². The molecule has 3 amide bonds. The summed E-state index contributed by atoms with van der Waals surface area (Å²) in [6.45, 7) is 2.98. The molecule has 2 N–H and O–H groups in total. The maximum atomic E-state index is 15.2. The van der Waals surface area contributed by atoms with Crippen molar-refractivity contribution in [3.8, 4) is 11.1 Å². The lowest BCUT2D eigenvalue weighted by atomic mass is 10.1. The van der Waals surface area contributed by atoms with Crippen LogP contribution in [0.1, 0.15) is 6.42 Å². The molecule has 2 aromatic carbocycles. The number of benzene rings is 2. The Balaban J connectivity index is 1.53. The maximum absolute atomic E-state index is 15.2. The van der Waals surface area contributed by atoms with Crippen LogP contribution in [0.3, 0.4) is 0 Å². The van der Waals surface area contributed by atoms with Crippen molar-refractivity contribution in [3.05, 3.63) is 71.1 Å². The molecule has 2 heterocycles. The van der Waals surface area contributed by atoms with E-state index in [0.717, 1.165) is 11.0 Å². The van der Waals surface area contributed by atoms with Gasteiger partial charge < -0.3 is 20.1 Å². The van der Waals surface area contributed by atoms with E-state index >= 15 is 8.78 Å². The van der Waals surface area contributed by atoms with Gasteiger partial charge in [-0.2, -0.15) is 0 Å². The molecule has 1 aromatic heterocycles. The Kier molecular flexibility index (Phi) is 7.11. The summed E-state index contributed by atoms with van der Waals surface area (Å²) in [6.07, 6.45) is 1.55. The topological polar surface area (TPSA) is 91.4 Å². The van der Waals surface area contributed by atoms with Gasteiger partial charge in [0.2, 0.25) is 5.91 Å². The number of amides is 3. The molecule has 0 aliphatic carbocycles. The lowest BCUT2D eigenvalue weighted by Crippen LogP contribution is -2.43. The molecule has 1 aliphatic heterocycles. The molecule has 3 aromatic rings. The predicted molar refractivity (Wildman–Crippen MR) is 133 cm³/mol. The highest BCUT2D eigenvalue weighted by molar-refractivity contribution is 7.70. The third kappa shape index (κ3) is 5.10. The fourth-order valence-electron chi connectivity index (χ4n) is 3.95. The second-order valence-corrected chi connectivity index (χ2v) is 12.1. The van der Waals surface area contributed by atoms with Crippen LogP contribution in [0, 0.1) is 17.5 Å². The van der Waals surface area contributed by atoms with Crippen LogP contribution < -0.4 is 21.0 Å². The summed E-state index contributed by atoms with van der Waals surface area (Å²) in [5.74, 6) is -3.88. The molecule has 1 fully saturated rings. The summed E-state index contributed by atoms with van der Waals surface area (Å²) in [5.41, 5.74) is -0.195. The van der Waals surface area contributed by atoms with Crippen LogP contribution in [0.4, 0.5) is 29.3 Å². The predicted octanol–water partition coefficient (Wildman–Crippen LogP) is 4.99. The first-order valence-electron chi connectivity index (χ1n) is 10.8. The highest BCUT2D eigenvalue weighted by Gasteiger charge is 2.36. The first-order valence-corrected chi connectivity index (χ1v) is 13.8. The Morgan fingerprint density at radius 3 is 2.56 bits per heavy atom. The standard InChI is InChI=1S/C24H21ClF3N4O3P/c1-36(2,35)22-15(4-3-10-29-22)14-6-8-19(21(28)20(14)27)32-11-9-18(23(32)33)31-24(34)30-17-7-5-13(25)12-16(17)26/h3-8,10,12,18H,9,11H2,1-2H3,(H2,30,31,34)/t18-/m1/s1. The third-order valence-electron chi connectivity index (χ3n) is 5.63. The monoisotopic (exact) mass is 536 g/mol. The third-order valence-corrected chi connectivity index (χ3v) is 7.24. The quantitative estimate of drug-likeness (QED) is 0.449. The molecule has 12 heteroatoms. The van der Waals surface area contributed by atoms with E-state index in [0.29, 0.717) is 0 Å². The van der Waals surface area contributed by atoms with Crippen molar-refractivity contribution in [1.82, 2.24) is 10.3 Å². The van der Waals surface area contributed by atoms with E-state index in [2.05, 4.69) is 15.6 Å². The van der Waals surface area contributed by atoms with Gasteiger partial charge >= 0.3 is 6.03 Å². The highest BCUT2D eigenvalue weighted by atomic mass is 35.5. The van der Waals surface area contributed by atoms with Gasteiger partial charge in [0, 0.05) is 28.9 Å². The number of rotatable bonds is 5. The van der Waals surface area contributed by atoms with E-state index in [1.165, 1.54) is 55.9 Å². The number of nitrogens with one attached hydrogen (secondary N) is 2. The average molecular weight is 537 g/mol. The Hall–Kier alpha value is -3.36. The van der Waals surface area contributed by atoms with E-state index in [9.17, 15) is 18.5 Å². The van der Waals surface area contributed by atoms with Crippen molar-refractivity contribution in [2.45, 2.75) is 12.5 Å². The SMILES string of the molecule is CP(C)(=O)c1ncccc1-c1ccc(N2CC[C@@H](NC(=O)Nc3ccc(Cl)cc3F)C2=O)c(F)c1F. The zero-order chi connectivity index (χ0) is 26.2. The molecule has 1 saturated heterocycles. The molecule has 0 spiro atoms. The molecule has 7 nitrogen and oxygen atoms in total. The van der Waals surface area contributed by atoms with Gasteiger partial charge in [-0.1, -0.05) is 17.7 Å². The van der Waals surface area contributed by atoms with E-state index in [1.54, 1.807) is 0 Å². The van der Waals surface area contributed by atoms with E-state index in [1.807, 2.05) is 0 Å². The Morgan fingerprint density at radius 2 is 1.86 bits per heavy atom. The Bertz CT molecular complexity index is 1420. The van der Waals surface area contributed by atoms with Crippen molar-refractivity contribution >= 4 is 47.5 Å². The number of hydrogen-bond donors (Lipinski definition) is 2. The maximum Gasteiger partial charge on any atom is 0.319 e. The lowest BCUT2D eigenvalue weighted by molar-refractivity contribution is -0.118. The van der Waals surface area contributed by atoms with Crippen LogP contribution in [0.5, 0.6) is 0 Å². The summed E-state index contributed by atoms with van der Waals surface area (Å²) in [6, 6.07) is 7.39. The Morgan fingerprint density at radius 1 is 1.11 bits per heavy atom. The summed E-state index contributed by atoms with van der Waals surface area (Å²) < 4.78 is 56.8. The molecular formula is C24H21ClF3N4O3P. The van der Waals surface area contributed by atoms with Crippen LogP contribution in [0.15, 0.2) is 48.7 Å². The molecule has 188 valence electrons. The first-order chi connectivity index (χ1) is 17.0. The van der Waals surface area contributed by atoms with Crippen LogP contribution in [0.25, 0.3) is 11.1 Å². The second-order valence-electron chi connectivity index (χ2n) is 8.54. The number of carbonyl (C=O) groups excluding carboxylic acids is 2. The fourth-order valence-corrected chi connectivity index (χ4v) is 5.23. The zero-order valence-corrected chi connectivity index (χ0v) is 20.8. The van der Waals surface area contributed by atoms with Crippen LogP contribution in [0.2, 0.25) is 5.02 Å². The Labute approximate surface area is 210 Å². The van der Waals surface area contributed by atoms with Crippen LogP contribution in [-0.4, -0.2) is 42.8 Å². The highest BCUT2D eigenvalue weighted by Crippen LogP contribution is 2.39. The van der Waals surface area contributed by atoms with Gasteiger partial charge in [-0.05, 0) is 56.1 Å². The summed E-state index contributed by atoms with van der Waals surface area (Å²) >= 11 is 5.69. The van der Waals surface area contributed by atoms with Gasteiger partial charge in [-0.15, -0.1) is 0 Å². The van der Waals surface area contributed by atoms with Gasteiger partial charge in [-0.25, -0.2) is 18.0 Å². The lowest BCUT2D eigenvalue weighted by Gasteiger charge is -2.20. The smallest absolute Gasteiger partial charge is 0.319 e.